The second-order valence-corrected chi connectivity index (χ2v) is 6.48. The van der Waals surface area contributed by atoms with E-state index in [-0.39, 0.29) is 0 Å². The van der Waals surface area contributed by atoms with Crippen molar-refractivity contribution in [3.05, 3.63) is 51.7 Å². The van der Waals surface area contributed by atoms with Crippen molar-refractivity contribution in [3.63, 3.8) is 0 Å². The molecule has 0 aliphatic rings. The molecule has 0 aliphatic heterocycles. The Kier molecular flexibility index (Phi) is 6.03. The van der Waals surface area contributed by atoms with Crippen LogP contribution < -0.4 is 10.1 Å². The SMILES string of the molecule is CC(C)CNCc1cnccc1Oc1ccc(Cl)cc1Br. The van der Waals surface area contributed by atoms with Crippen LogP contribution in [0.15, 0.2) is 41.1 Å². The van der Waals surface area contributed by atoms with Crippen LogP contribution >= 0.6 is 27.5 Å². The van der Waals surface area contributed by atoms with Crippen molar-refractivity contribution in [2.75, 3.05) is 6.54 Å². The van der Waals surface area contributed by atoms with Gasteiger partial charge in [0.05, 0.1) is 4.47 Å². The zero-order chi connectivity index (χ0) is 15.2. The average molecular weight is 370 g/mol. The summed E-state index contributed by atoms with van der Waals surface area (Å²) in [5.74, 6) is 2.14. The highest BCUT2D eigenvalue weighted by Gasteiger charge is 2.08. The van der Waals surface area contributed by atoms with Crippen LogP contribution in [-0.4, -0.2) is 11.5 Å². The highest BCUT2D eigenvalue weighted by Crippen LogP contribution is 2.33. The Morgan fingerprint density at radius 3 is 2.81 bits per heavy atom. The lowest BCUT2D eigenvalue weighted by Crippen LogP contribution is -2.19. The Balaban J connectivity index is 2.12. The molecular formula is C16H18BrClN2O. The van der Waals surface area contributed by atoms with E-state index in [1.54, 1.807) is 12.3 Å². The molecule has 0 atom stereocenters. The molecule has 0 saturated heterocycles. The molecule has 0 saturated carbocycles. The molecule has 0 bridgehead atoms. The van der Waals surface area contributed by atoms with Crippen molar-refractivity contribution >= 4 is 27.5 Å². The molecule has 0 aliphatic carbocycles. The molecule has 0 unspecified atom stereocenters. The van der Waals surface area contributed by atoms with E-state index in [0.29, 0.717) is 10.9 Å². The zero-order valence-corrected chi connectivity index (χ0v) is 14.4. The van der Waals surface area contributed by atoms with Gasteiger partial charge >= 0.3 is 0 Å². The fourth-order valence-corrected chi connectivity index (χ4v) is 2.58. The number of hydrogen-bond acceptors (Lipinski definition) is 3. The van der Waals surface area contributed by atoms with Crippen LogP contribution in [0, 0.1) is 5.92 Å². The second-order valence-electron chi connectivity index (χ2n) is 5.18. The van der Waals surface area contributed by atoms with Crippen molar-refractivity contribution in [1.82, 2.24) is 10.3 Å². The highest BCUT2D eigenvalue weighted by molar-refractivity contribution is 9.10. The Morgan fingerprint density at radius 1 is 1.29 bits per heavy atom. The van der Waals surface area contributed by atoms with Gasteiger partial charge in [-0.15, -0.1) is 0 Å². The number of nitrogens with zero attached hydrogens (tertiary/aromatic N) is 1. The number of halogens is 2. The van der Waals surface area contributed by atoms with Crippen molar-refractivity contribution in [2.24, 2.45) is 5.92 Å². The minimum Gasteiger partial charge on any atom is -0.456 e. The first-order valence-electron chi connectivity index (χ1n) is 6.82. The van der Waals surface area contributed by atoms with Crippen molar-refractivity contribution in [2.45, 2.75) is 20.4 Å². The zero-order valence-electron chi connectivity index (χ0n) is 12.1. The maximum absolute atomic E-state index is 5.97. The summed E-state index contributed by atoms with van der Waals surface area (Å²) in [6.45, 7) is 6.04. The topological polar surface area (TPSA) is 34.2 Å². The van der Waals surface area contributed by atoms with Crippen molar-refractivity contribution in [3.8, 4) is 11.5 Å². The smallest absolute Gasteiger partial charge is 0.141 e. The predicted octanol–water partition coefficient (Wildman–Crippen LogP) is 5.04. The lowest BCUT2D eigenvalue weighted by atomic mass is 10.2. The summed E-state index contributed by atoms with van der Waals surface area (Å²) in [6, 6.07) is 7.33. The first kappa shape index (κ1) is 16.3. The summed E-state index contributed by atoms with van der Waals surface area (Å²) >= 11 is 9.40. The van der Waals surface area contributed by atoms with Crippen LogP contribution in [0.2, 0.25) is 5.02 Å². The number of benzene rings is 1. The lowest BCUT2D eigenvalue weighted by Gasteiger charge is -2.13. The van der Waals surface area contributed by atoms with Gasteiger partial charge in [0.2, 0.25) is 0 Å². The standard InChI is InChI=1S/C16H18BrClN2O/c1-11(2)8-20-10-12-9-19-6-5-15(12)21-16-4-3-13(18)7-14(16)17/h3-7,9,11,20H,8,10H2,1-2H3. The van der Waals surface area contributed by atoms with Gasteiger partial charge in [0.15, 0.2) is 0 Å². The van der Waals surface area contributed by atoms with Crippen LogP contribution in [-0.2, 0) is 6.54 Å². The second kappa shape index (κ2) is 7.78. The number of aromatic nitrogens is 1. The summed E-state index contributed by atoms with van der Waals surface area (Å²) in [7, 11) is 0. The lowest BCUT2D eigenvalue weighted by molar-refractivity contribution is 0.465. The van der Waals surface area contributed by atoms with E-state index in [2.05, 4.69) is 40.1 Å². The first-order valence-corrected chi connectivity index (χ1v) is 8.00. The van der Waals surface area contributed by atoms with Crippen LogP contribution in [0.1, 0.15) is 19.4 Å². The van der Waals surface area contributed by atoms with E-state index in [1.165, 1.54) is 0 Å². The summed E-state index contributed by atoms with van der Waals surface area (Å²) in [6.07, 6.45) is 3.55. The molecule has 2 rings (SSSR count). The minimum atomic E-state index is 0.608. The highest BCUT2D eigenvalue weighted by atomic mass is 79.9. The Labute approximate surface area is 138 Å². The number of ether oxygens (including phenoxy) is 1. The van der Waals surface area contributed by atoms with Crippen LogP contribution in [0.5, 0.6) is 11.5 Å². The van der Waals surface area contributed by atoms with Gasteiger partial charge in [0.25, 0.3) is 0 Å². The minimum absolute atomic E-state index is 0.608. The van der Waals surface area contributed by atoms with Crippen LogP contribution in [0.4, 0.5) is 0 Å². The molecule has 1 aromatic carbocycles. The number of hydrogen-bond donors (Lipinski definition) is 1. The molecule has 0 amide bonds. The molecule has 3 nitrogen and oxygen atoms in total. The number of nitrogens with one attached hydrogen (secondary N) is 1. The number of pyridine rings is 1. The fourth-order valence-electron chi connectivity index (χ4n) is 1.82. The Hall–Kier alpha value is -1.10. The molecule has 5 heteroatoms. The van der Waals surface area contributed by atoms with Crippen LogP contribution in [0.25, 0.3) is 0 Å². The maximum Gasteiger partial charge on any atom is 0.141 e. The molecule has 0 spiro atoms. The van der Waals surface area contributed by atoms with E-state index < -0.39 is 0 Å². The summed E-state index contributed by atoms with van der Waals surface area (Å²) in [5, 5.41) is 4.07. The molecule has 1 N–H and O–H groups in total. The third kappa shape index (κ3) is 4.99. The monoisotopic (exact) mass is 368 g/mol. The summed E-state index contributed by atoms with van der Waals surface area (Å²) in [4.78, 5) is 4.17. The predicted molar refractivity (Wildman–Crippen MR) is 90.0 cm³/mol. The molecule has 21 heavy (non-hydrogen) atoms. The number of rotatable bonds is 6. The van der Waals surface area contributed by atoms with E-state index in [0.717, 1.165) is 34.6 Å². The molecular weight excluding hydrogens is 352 g/mol. The quantitative estimate of drug-likeness (QED) is 0.775. The molecule has 1 aromatic heterocycles. The molecule has 0 radical (unpaired) electrons. The van der Waals surface area contributed by atoms with Gasteiger partial charge in [0.1, 0.15) is 11.5 Å². The fraction of sp³-hybridized carbons (Fsp3) is 0.312. The first-order chi connectivity index (χ1) is 10.1. The van der Waals surface area contributed by atoms with Gasteiger partial charge in [-0.1, -0.05) is 25.4 Å². The van der Waals surface area contributed by atoms with Gasteiger partial charge in [-0.05, 0) is 52.7 Å². The van der Waals surface area contributed by atoms with Crippen molar-refractivity contribution < 1.29 is 4.74 Å². The maximum atomic E-state index is 5.97. The molecule has 2 aromatic rings. The van der Waals surface area contributed by atoms with E-state index in [4.69, 9.17) is 16.3 Å². The summed E-state index contributed by atoms with van der Waals surface area (Å²) < 4.78 is 6.79. The summed E-state index contributed by atoms with van der Waals surface area (Å²) in [5.41, 5.74) is 1.03. The molecule has 1 heterocycles. The average Bonchev–Trinajstić information content (AvgIpc) is 2.43. The van der Waals surface area contributed by atoms with E-state index in [1.807, 2.05) is 24.4 Å². The Bertz CT molecular complexity index is 605. The van der Waals surface area contributed by atoms with Gasteiger partial charge in [-0.25, -0.2) is 0 Å². The van der Waals surface area contributed by atoms with Crippen LogP contribution in [0.3, 0.4) is 0 Å². The van der Waals surface area contributed by atoms with Gasteiger partial charge in [-0.2, -0.15) is 0 Å². The van der Waals surface area contributed by atoms with Crippen molar-refractivity contribution in [1.29, 1.82) is 0 Å². The van der Waals surface area contributed by atoms with Gasteiger partial charge < -0.3 is 10.1 Å². The largest absolute Gasteiger partial charge is 0.456 e. The third-order valence-corrected chi connectivity index (χ3v) is 3.70. The van der Waals surface area contributed by atoms with Gasteiger partial charge in [0, 0.05) is 29.5 Å². The Morgan fingerprint density at radius 2 is 2.10 bits per heavy atom. The normalized spacial score (nSPS) is 10.9. The van der Waals surface area contributed by atoms with E-state index in [9.17, 15) is 0 Å². The molecule has 112 valence electrons. The van der Waals surface area contributed by atoms with Gasteiger partial charge in [-0.3, -0.25) is 4.98 Å². The molecule has 0 fully saturated rings. The van der Waals surface area contributed by atoms with E-state index >= 15 is 0 Å². The third-order valence-electron chi connectivity index (χ3n) is 2.84.